The number of nitrogens with zero attached hydrogens (tertiary/aromatic N) is 4. The lowest BCUT2D eigenvalue weighted by Gasteiger charge is -2.36. The van der Waals surface area contributed by atoms with Crippen LogP contribution < -0.4 is 4.74 Å². The van der Waals surface area contributed by atoms with Crippen molar-refractivity contribution in [2.45, 2.75) is 32.7 Å². The monoisotopic (exact) mass is 372 g/mol. The van der Waals surface area contributed by atoms with Crippen LogP contribution in [0.2, 0.25) is 0 Å². The number of hydrogen-bond acceptors (Lipinski definition) is 6. The number of fused-ring (bicyclic) bond motifs is 1. The van der Waals surface area contributed by atoms with E-state index in [0.717, 1.165) is 53.0 Å². The van der Waals surface area contributed by atoms with Crippen LogP contribution in [0.5, 0.6) is 11.6 Å². The van der Waals surface area contributed by atoms with E-state index in [1.54, 1.807) is 11.6 Å². The second kappa shape index (κ2) is 6.89. The van der Waals surface area contributed by atoms with Gasteiger partial charge in [0.2, 0.25) is 10.8 Å². The minimum atomic E-state index is -0.0625. The van der Waals surface area contributed by atoms with Crippen molar-refractivity contribution in [3.8, 4) is 11.6 Å². The van der Waals surface area contributed by atoms with Crippen molar-refractivity contribution in [3.05, 3.63) is 40.5 Å². The number of benzene rings is 1. The summed E-state index contributed by atoms with van der Waals surface area (Å²) in [4.78, 5) is 8.47. The Labute approximate surface area is 157 Å². The lowest BCUT2D eigenvalue weighted by Crippen LogP contribution is -2.36. The first-order valence-corrected chi connectivity index (χ1v) is 9.82. The molecule has 1 N–H and O–H groups in total. The Hall–Kier alpha value is -2.12. The van der Waals surface area contributed by atoms with Crippen molar-refractivity contribution in [2.75, 3.05) is 20.2 Å². The molecular weight excluding hydrogens is 348 g/mol. The molecule has 6 nitrogen and oxygen atoms in total. The first kappa shape index (κ1) is 17.3. The molecule has 7 heteroatoms. The van der Waals surface area contributed by atoms with Gasteiger partial charge in [-0.2, -0.15) is 4.52 Å². The number of likely N-dealkylation sites (tertiary alicyclic amines) is 1. The van der Waals surface area contributed by atoms with Crippen LogP contribution in [0.25, 0.3) is 4.96 Å². The van der Waals surface area contributed by atoms with Gasteiger partial charge in [0.25, 0.3) is 0 Å². The zero-order valence-corrected chi connectivity index (χ0v) is 16.2. The van der Waals surface area contributed by atoms with Crippen LogP contribution in [-0.4, -0.2) is 44.8 Å². The molecule has 3 heterocycles. The molecule has 1 saturated heterocycles. The third-order valence-electron chi connectivity index (χ3n) is 5.17. The highest BCUT2D eigenvalue weighted by atomic mass is 32.1. The molecule has 1 atom stereocenters. The van der Waals surface area contributed by atoms with Gasteiger partial charge in [0.15, 0.2) is 0 Å². The number of rotatable bonds is 4. The number of aryl methyl sites for hydroxylation is 1. The molecule has 3 aromatic rings. The van der Waals surface area contributed by atoms with Crippen molar-refractivity contribution in [2.24, 2.45) is 5.92 Å². The molecule has 0 saturated carbocycles. The predicted molar refractivity (Wildman–Crippen MR) is 102 cm³/mol. The zero-order valence-electron chi connectivity index (χ0n) is 15.3. The molecule has 1 fully saturated rings. The molecule has 4 rings (SSSR count). The second-order valence-electron chi connectivity index (χ2n) is 7.01. The topological polar surface area (TPSA) is 62.9 Å². The SMILES string of the molecule is COc1ccccc1[C@@H](c1sc2nc(C)nn2c1O)N1CCC(C)CC1. The van der Waals surface area contributed by atoms with E-state index in [1.165, 1.54) is 11.3 Å². The quantitative estimate of drug-likeness (QED) is 0.758. The number of aromatic nitrogens is 3. The maximum Gasteiger partial charge on any atom is 0.230 e. The number of hydrogen-bond donors (Lipinski definition) is 1. The number of ether oxygens (including phenoxy) is 1. The van der Waals surface area contributed by atoms with Gasteiger partial charge in [-0.1, -0.05) is 36.5 Å². The van der Waals surface area contributed by atoms with E-state index in [9.17, 15) is 5.11 Å². The van der Waals surface area contributed by atoms with Gasteiger partial charge in [0.05, 0.1) is 18.0 Å². The third kappa shape index (κ3) is 2.95. The Balaban J connectivity index is 1.84. The van der Waals surface area contributed by atoms with E-state index < -0.39 is 0 Å². The minimum Gasteiger partial charge on any atom is -0.496 e. The molecule has 0 radical (unpaired) electrons. The van der Waals surface area contributed by atoms with Crippen LogP contribution in [0.4, 0.5) is 0 Å². The maximum atomic E-state index is 10.9. The van der Waals surface area contributed by atoms with Crippen molar-refractivity contribution in [1.82, 2.24) is 19.5 Å². The summed E-state index contributed by atoms with van der Waals surface area (Å²) >= 11 is 1.50. The van der Waals surface area contributed by atoms with Gasteiger partial charge < -0.3 is 9.84 Å². The Bertz CT molecular complexity index is 912. The summed E-state index contributed by atoms with van der Waals surface area (Å²) in [5.74, 6) is 2.42. The smallest absolute Gasteiger partial charge is 0.230 e. The highest BCUT2D eigenvalue weighted by Gasteiger charge is 2.33. The van der Waals surface area contributed by atoms with E-state index in [4.69, 9.17) is 4.74 Å². The van der Waals surface area contributed by atoms with Gasteiger partial charge in [0, 0.05) is 5.56 Å². The van der Waals surface area contributed by atoms with Gasteiger partial charge in [-0.25, -0.2) is 4.98 Å². The minimum absolute atomic E-state index is 0.0625. The molecule has 0 amide bonds. The van der Waals surface area contributed by atoms with E-state index in [2.05, 4.69) is 28.0 Å². The Morgan fingerprint density at radius 1 is 1.27 bits per heavy atom. The van der Waals surface area contributed by atoms with Gasteiger partial charge in [-0.3, -0.25) is 4.90 Å². The molecule has 1 aliphatic heterocycles. The molecule has 138 valence electrons. The summed E-state index contributed by atoms with van der Waals surface area (Å²) in [7, 11) is 1.69. The van der Waals surface area contributed by atoms with Crippen LogP contribution in [0.3, 0.4) is 0 Å². The maximum absolute atomic E-state index is 10.9. The summed E-state index contributed by atoms with van der Waals surface area (Å²) < 4.78 is 7.18. The van der Waals surface area contributed by atoms with Crippen LogP contribution in [0.15, 0.2) is 24.3 Å². The van der Waals surface area contributed by atoms with Gasteiger partial charge in [-0.05, 0) is 44.8 Å². The number of para-hydroxylation sites is 1. The average Bonchev–Trinajstić information content (AvgIpc) is 3.15. The highest BCUT2D eigenvalue weighted by molar-refractivity contribution is 7.17. The summed E-state index contributed by atoms with van der Waals surface area (Å²) in [6.45, 7) is 6.13. The Morgan fingerprint density at radius 3 is 2.69 bits per heavy atom. The number of methoxy groups -OCH3 is 1. The van der Waals surface area contributed by atoms with E-state index >= 15 is 0 Å². The summed E-state index contributed by atoms with van der Waals surface area (Å²) in [5, 5.41) is 15.2. The number of thiazole rings is 1. The van der Waals surface area contributed by atoms with Crippen LogP contribution >= 0.6 is 11.3 Å². The average molecular weight is 372 g/mol. The highest BCUT2D eigenvalue weighted by Crippen LogP contribution is 2.43. The third-order valence-corrected chi connectivity index (χ3v) is 6.24. The van der Waals surface area contributed by atoms with Gasteiger partial charge in [0.1, 0.15) is 11.6 Å². The lowest BCUT2D eigenvalue weighted by molar-refractivity contribution is 0.155. The van der Waals surface area contributed by atoms with Gasteiger partial charge >= 0.3 is 0 Å². The first-order valence-electron chi connectivity index (χ1n) is 9.00. The largest absolute Gasteiger partial charge is 0.496 e. The van der Waals surface area contributed by atoms with E-state index in [0.29, 0.717) is 5.82 Å². The molecule has 1 aromatic carbocycles. The molecular formula is C19H24N4O2S. The van der Waals surface area contributed by atoms with E-state index in [-0.39, 0.29) is 11.9 Å². The fourth-order valence-corrected chi connectivity index (χ4v) is 4.86. The summed E-state index contributed by atoms with van der Waals surface area (Å²) in [6, 6.07) is 8.00. The number of piperidine rings is 1. The molecule has 26 heavy (non-hydrogen) atoms. The van der Waals surface area contributed by atoms with Crippen molar-refractivity contribution >= 4 is 16.3 Å². The normalized spacial score (nSPS) is 17.7. The molecule has 1 aliphatic rings. The molecule has 2 aromatic heterocycles. The molecule has 0 aliphatic carbocycles. The standard InChI is InChI=1S/C19H24N4O2S/c1-12-8-10-22(11-9-12)16(14-6-4-5-7-15(14)25-3)17-18(24)23-19(26-17)20-13(2)21-23/h4-7,12,16,24H,8-11H2,1-3H3/t16-/m0/s1. The van der Waals surface area contributed by atoms with Crippen molar-refractivity contribution in [1.29, 1.82) is 0 Å². The molecule has 0 spiro atoms. The fraction of sp³-hybridized carbons (Fsp3) is 0.474. The predicted octanol–water partition coefficient (Wildman–Crippen LogP) is 3.63. The van der Waals surface area contributed by atoms with Crippen LogP contribution in [0, 0.1) is 12.8 Å². The zero-order chi connectivity index (χ0) is 18.3. The lowest BCUT2D eigenvalue weighted by atomic mass is 9.95. The fourth-order valence-electron chi connectivity index (χ4n) is 3.71. The Morgan fingerprint density at radius 2 is 2.00 bits per heavy atom. The number of aromatic hydroxyl groups is 1. The van der Waals surface area contributed by atoms with Crippen LogP contribution in [-0.2, 0) is 0 Å². The molecule has 0 bridgehead atoms. The Kier molecular flexibility index (Phi) is 4.58. The molecule has 0 unspecified atom stereocenters. The summed E-state index contributed by atoms with van der Waals surface area (Å²) in [6.07, 6.45) is 2.32. The summed E-state index contributed by atoms with van der Waals surface area (Å²) in [5.41, 5.74) is 1.07. The first-order chi connectivity index (χ1) is 12.6. The van der Waals surface area contributed by atoms with E-state index in [1.807, 2.05) is 25.1 Å². The van der Waals surface area contributed by atoms with Crippen molar-refractivity contribution < 1.29 is 9.84 Å². The van der Waals surface area contributed by atoms with Crippen LogP contribution in [0.1, 0.15) is 42.1 Å². The van der Waals surface area contributed by atoms with Crippen molar-refractivity contribution in [3.63, 3.8) is 0 Å². The van der Waals surface area contributed by atoms with Gasteiger partial charge in [-0.15, -0.1) is 5.10 Å². The second-order valence-corrected chi connectivity index (χ2v) is 8.02.